The van der Waals surface area contributed by atoms with Crippen LogP contribution < -0.4 is 0 Å². The first kappa shape index (κ1) is 16.8. The lowest BCUT2D eigenvalue weighted by Gasteiger charge is -2.25. The first-order valence-electron chi connectivity index (χ1n) is 6.15. The minimum absolute atomic E-state index is 0.0712. The van der Waals surface area contributed by atoms with Crippen molar-refractivity contribution in [2.75, 3.05) is 13.7 Å². The van der Waals surface area contributed by atoms with E-state index in [1.165, 1.54) is 12.0 Å². The van der Waals surface area contributed by atoms with E-state index in [0.717, 1.165) is 0 Å². The van der Waals surface area contributed by atoms with Crippen LogP contribution in [0.5, 0.6) is 0 Å². The molecule has 0 bridgehead atoms. The number of carbonyl (C=O) groups is 2. The number of halogens is 2. The monoisotopic (exact) mass is 317 g/mol. The molecule has 20 heavy (non-hydrogen) atoms. The summed E-state index contributed by atoms with van der Waals surface area (Å²) in [5, 5.41) is 0.953. The molecule has 0 atom stereocenters. The fourth-order valence-corrected chi connectivity index (χ4v) is 2.17. The smallest absolute Gasteiger partial charge is 0.325 e. The Hall–Kier alpha value is -1.26. The fraction of sp³-hybridized carbons (Fsp3) is 0.429. The number of methoxy groups -OCH3 is 1. The van der Waals surface area contributed by atoms with Gasteiger partial charge < -0.3 is 9.64 Å². The van der Waals surface area contributed by atoms with Gasteiger partial charge >= 0.3 is 5.97 Å². The van der Waals surface area contributed by atoms with Gasteiger partial charge in [0.25, 0.3) is 0 Å². The third kappa shape index (κ3) is 4.69. The summed E-state index contributed by atoms with van der Waals surface area (Å²) >= 11 is 11.9. The molecule has 0 saturated heterocycles. The summed E-state index contributed by atoms with van der Waals surface area (Å²) < 4.78 is 4.59. The Kier molecular flexibility index (Phi) is 6.30. The zero-order chi connectivity index (χ0) is 15.3. The number of rotatable bonds is 5. The van der Waals surface area contributed by atoms with Crippen molar-refractivity contribution in [1.82, 2.24) is 4.90 Å². The van der Waals surface area contributed by atoms with Gasteiger partial charge in [0.2, 0.25) is 5.91 Å². The molecule has 1 rings (SSSR count). The van der Waals surface area contributed by atoms with E-state index in [1.807, 2.05) is 13.8 Å². The molecular weight excluding hydrogens is 301 g/mol. The van der Waals surface area contributed by atoms with Crippen molar-refractivity contribution in [3.8, 4) is 0 Å². The highest BCUT2D eigenvalue weighted by molar-refractivity contribution is 6.35. The van der Waals surface area contributed by atoms with E-state index in [9.17, 15) is 9.59 Å². The van der Waals surface area contributed by atoms with Crippen molar-refractivity contribution in [3.63, 3.8) is 0 Å². The van der Waals surface area contributed by atoms with Crippen molar-refractivity contribution in [2.24, 2.45) is 0 Å². The highest BCUT2D eigenvalue weighted by Crippen LogP contribution is 2.22. The van der Waals surface area contributed by atoms with Gasteiger partial charge in [-0.15, -0.1) is 0 Å². The van der Waals surface area contributed by atoms with E-state index in [1.54, 1.807) is 18.2 Å². The topological polar surface area (TPSA) is 46.6 Å². The molecule has 0 aliphatic carbocycles. The Balaban J connectivity index is 2.83. The van der Waals surface area contributed by atoms with E-state index in [4.69, 9.17) is 23.2 Å². The predicted octanol–water partition coefficient (Wildman–Crippen LogP) is 2.95. The molecule has 0 unspecified atom stereocenters. The summed E-state index contributed by atoms with van der Waals surface area (Å²) in [5.41, 5.74) is 0.677. The van der Waals surface area contributed by atoms with Crippen LogP contribution in [0.1, 0.15) is 19.4 Å². The Morgan fingerprint density at radius 3 is 2.45 bits per heavy atom. The van der Waals surface area contributed by atoms with Crippen LogP contribution in [0.2, 0.25) is 10.0 Å². The Morgan fingerprint density at radius 2 is 1.95 bits per heavy atom. The molecule has 1 amide bonds. The van der Waals surface area contributed by atoms with Crippen molar-refractivity contribution >= 4 is 35.1 Å². The third-order valence-electron chi connectivity index (χ3n) is 2.83. The van der Waals surface area contributed by atoms with Gasteiger partial charge in [-0.1, -0.05) is 29.3 Å². The minimum Gasteiger partial charge on any atom is -0.468 e. The number of ether oxygens (including phenoxy) is 1. The van der Waals surface area contributed by atoms with Crippen LogP contribution >= 0.6 is 23.2 Å². The minimum atomic E-state index is -0.450. The van der Waals surface area contributed by atoms with Crippen molar-refractivity contribution in [1.29, 1.82) is 0 Å². The van der Waals surface area contributed by atoms with Gasteiger partial charge in [-0.2, -0.15) is 0 Å². The maximum Gasteiger partial charge on any atom is 0.325 e. The summed E-state index contributed by atoms with van der Waals surface area (Å²) in [6, 6.07) is 4.87. The molecule has 0 fully saturated rings. The molecular formula is C14H17Cl2NO3. The van der Waals surface area contributed by atoms with E-state index >= 15 is 0 Å². The molecule has 0 aliphatic rings. The van der Waals surface area contributed by atoms with Crippen LogP contribution in [0.4, 0.5) is 0 Å². The molecule has 6 heteroatoms. The molecule has 0 N–H and O–H groups in total. The molecule has 1 aromatic carbocycles. The average molecular weight is 318 g/mol. The van der Waals surface area contributed by atoms with Gasteiger partial charge in [0, 0.05) is 16.1 Å². The van der Waals surface area contributed by atoms with Crippen molar-refractivity contribution in [3.05, 3.63) is 33.8 Å². The molecule has 0 radical (unpaired) electrons. The number of esters is 1. The van der Waals surface area contributed by atoms with Crippen LogP contribution in [-0.4, -0.2) is 36.5 Å². The average Bonchev–Trinajstić information content (AvgIpc) is 2.38. The predicted molar refractivity (Wildman–Crippen MR) is 79.0 cm³/mol. The number of hydrogen-bond donors (Lipinski definition) is 0. The highest BCUT2D eigenvalue weighted by Gasteiger charge is 2.21. The lowest BCUT2D eigenvalue weighted by Crippen LogP contribution is -2.41. The van der Waals surface area contributed by atoms with Gasteiger partial charge in [-0.25, -0.2) is 0 Å². The fourth-order valence-electron chi connectivity index (χ4n) is 1.69. The largest absolute Gasteiger partial charge is 0.468 e. The van der Waals surface area contributed by atoms with E-state index in [0.29, 0.717) is 15.6 Å². The molecule has 0 aliphatic heterocycles. The molecule has 110 valence electrons. The Bertz CT molecular complexity index is 503. The van der Waals surface area contributed by atoms with E-state index < -0.39 is 5.97 Å². The molecule has 1 aromatic rings. The van der Waals surface area contributed by atoms with Gasteiger partial charge in [-0.05, 0) is 31.5 Å². The summed E-state index contributed by atoms with van der Waals surface area (Å²) in [6.45, 7) is 3.60. The van der Waals surface area contributed by atoms with Crippen LogP contribution in [0.25, 0.3) is 0 Å². The number of benzene rings is 1. The Labute approximate surface area is 128 Å². The summed E-state index contributed by atoms with van der Waals surface area (Å²) in [5.74, 6) is -0.635. The Morgan fingerprint density at radius 1 is 1.30 bits per heavy atom. The maximum absolute atomic E-state index is 12.3. The SMILES string of the molecule is COC(=O)CN(C(=O)Cc1ccc(Cl)cc1Cl)C(C)C. The molecule has 0 heterocycles. The molecule has 0 saturated carbocycles. The zero-order valence-electron chi connectivity index (χ0n) is 11.7. The second-order valence-corrected chi connectivity index (χ2v) is 5.45. The van der Waals surface area contributed by atoms with Crippen LogP contribution in [0.3, 0.4) is 0 Å². The van der Waals surface area contributed by atoms with Crippen LogP contribution in [0, 0.1) is 0 Å². The lowest BCUT2D eigenvalue weighted by molar-refractivity contribution is -0.148. The van der Waals surface area contributed by atoms with Gasteiger partial charge in [0.1, 0.15) is 6.54 Å². The quantitative estimate of drug-likeness (QED) is 0.784. The summed E-state index contributed by atoms with van der Waals surface area (Å²) in [6.07, 6.45) is 0.116. The first-order valence-corrected chi connectivity index (χ1v) is 6.91. The third-order valence-corrected chi connectivity index (χ3v) is 3.41. The van der Waals surface area contributed by atoms with Crippen LogP contribution in [-0.2, 0) is 20.7 Å². The van der Waals surface area contributed by atoms with Crippen molar-refractivity contribution < 1.29 is 14.3 Å². The normalized spacial score (nSPS) is 10.5. The highest BCUT2D eigenvalue weighted by atomic mass is 35.5. The first-order chi connectivity index (χ1) is 9.35. The molecule has 4 nitrogen and oxygen atoms in total. The van der Waals surface area contributed by atoms with E-state index in [-0.39, 0.29) is 24.9 Å². The number of amides is 1. The maximum atomic E-state index is 12.3. The molecule has 0 aromatic heterocycles. The standard InChI is InChI=1S/C14H17Cl2NO3/c1-9(2)17(8-14(19)20-3)13(18)6-10-4-5-11(15)7-12(10)16/h4-5,7,9H,6,8H2,1-3H3. The molecule has 0 spiro atoms. The summed E-state index contributed by atoms with van der Waals surface area (Å²) in [7, 11) is 1.29. The second kappa shape index (κ2) is 7.50. The number of hydrogen-bond acceptors (Lipinski definition) is 3. The van der Waals surface area contributed by atoms with Gasteiger partial charge in [0.15, 0.2) is 0 Å². The lowest BCUT2D eigenvalue weighted by atomic mass is 10.1. The zero-order valence-corrected chi connectivity index (χ0v) is 13.2. The van der Waals surface area contributed by atoms with Gasteiger partial charge in [-0.3, -0.25) is 9.59 Å². The van der Waals surface area contributed by atoms with Gasteiger partial charge in [0.05, 0.1) is 13.5 Å². The number of nitrogens with zero attached hydrogens (tertiary/aromatic N) is 1. The second-order valence-electron chi connectivity index (χ2n) is 4.60. The van der Waals surface area contributed by atoms with Crippen LogP contribution in [0.15, 0.2) is 18.2 Å². The summed E-state index contributed by atoms with van der Waals surface area (Å²) in [4.78, 5) is 25.1. The number of carbonyl (C=O) groups excluding carboxylic acids is 2. The van der Waals surface area contributed by atoms with E-state index in [2.05, 4.69) is 4.74 Å². The van der Waals surface area contributed by atoms with Crippen molar-refractivity contribution in [2.45, 2.75) is 26.3 Å².